The van der Waals surface area contributed by atoms with Crippen molar-refractivity contribution in [1.29, 1.82) is 0 Å². The van der Waals surface area contributed by atoms with Crippen molar-refractivity contribution in [1.82, 2.24) is 19.4 Å². The van der Waals surface area contributed by atoms with E-state index in [2.05, 4.69) is 63.6 Å². The smallest absolute Gasteiger partial charge is 0.327 e. The Hall–Kier alpha value is -2.37. The number of carbonyl (C=O) groups excluding carboxylic acids is 1. The van der Waals surface area contributed by atoms with Crippen LogP contribution in [0.15, 0.2) is 16.9 Å². The topological polar surface area (TPSA) is 71.0 Å². The second-order valence-corrected chi connectivity index (χ2v) is 11.8. The first-order chi connectivity index (χ1) is 14.3. The summed E-state index contributed by atoms with van der Waals surface area (Å²) in [4.78, 5) is 35.2. The summed E-state index contributed by atoms with van der Waals surface area (Å²) in [7, 11) is 1.77. The van der Waals surface area contributed by atoms with E-state index in [-0.39, 0.29) is 28.5 Å². The first-order valence-electron chi connectivity index (χ1n) is 11.4. The van der Waals surface area contributed by atoms with Gasteiger partial charge >= 0.3 is 5.69 Å². The number of nitrogens with one attached hydrogen (secondary N) is 1. The van der Waals surface area contributed by atoms with E-state index in [1.165, 1.54) is 5.57 Å². The predicted molar refractivity (Wildman–Crippen MR) is 125 cm³/mol. The average molecular weight is 425 g/mol. The van der Waals surface area contributed by atoms with Crippen molar-refractivity contribution in [2.75, 3.05) is 6.54 Å². The van der Waals surface area contributed by atoms with Crippen LogP contribution < -0.4 is 5.69 Å². The van der Waals surface area contributed by atoms with Gasteiger partial charge in [0.1, 0.15) is 0 Å². The number of rotatable bonds is 3. The van der Waals surface area contributed by atoms with Gasteiger partial charge in [-0.2, -0.15) is 0 Å². The zero-order valence-electron chi connectivity index (χ0n) is 20.0. The van der Waals surface area contributed by atoms with Crippen molar-refractivity contribution in [2.45, 2.75) is 73.3 Å². The molecule has 2 aromatic heterocycles. The molecule has 0 aromatic carbocycles. The lowest BCUT2D eigenvalue weighted by molar-refractivity contribution is -0.136. The van der Waals surface area contributed by atoms with E-state index in [0.29, 0.717) is 18.0 Å². The highest BCUT2D eigenvalue weighted by Crippen LogP contribution is 2.41. The molecule has 31 heavy (non-hydrogen) atoms. The number of pyridine rings is 1. The molecule has 0 radical (unpaired) electrons. The number of aromatic nitrogens is 3. The summed E-state index contributed by atoms with van der Waals surface area (Å²) in [6.07, 6.45) is 5.79. The molecular formula is C25H36N4O2. The Labute approximate surface area is 184 Å². The van der Waals surface area contributed by atoms with Crippen molar-refractivity contribution in [3.05, 3.63) is 33.9 Å². The lowest BCUT2D eigenvalue weighted by Crippen LogP contribution is -2.50. The molecule has 1 amide bonds. The van der Waals surface area contributed by atoms with Crippen molar-refractivity contribution in [3.8, 4) is 0 Å². The minimum Gasteiger partial charge on any atom is -0.336 e. The van der Waals surface area contributed by atoms with Crippen LogP contribution in [-0.2, 0) is 18.3 Å². The van der Waals surface area contributed by atoms with Gasteiger partial charge in [0.05, 0.1) is 17.3 Å². The molecule has 1 N–H and O–H groups in total. The second kappa shape index (κ2) is 7.35. The highest BCUT2D eigenvalue weighted by molar-refractivity contribution is 5.82. The van der Waals surface area contributed by atoms with Crippen LogP contribution >= 0.6 is 0 Å². The van der Waals surface area contributed by atoms with Crippen molar-refractivity contribution < 1.29 is 4.79 Å². The van der Waals surface area contributed by atoms with E-state index in [4.69, 9.17) is 4.98 Å². The van der Waals surface area contributed by atoms with Crippen LogP contribution in [0.5, 0.6) is 0 Å². The van der Waals surface area contributed by atoms with Crippen molar-refractivity contribution in [2.24, 2.45) is 23.8 Å². The number of aromatic amines is 1. The van der Waals surface area contributed by atoms with Crippen molar-refractivity contribution >= 4 is 22.6 Å². The van der Waals surface area contributed by atoms with Crippen LogP contribution in [0.3, 0.4) is 0 Å². The number of H-pyrrole nitrogens is 1. The van der Waals surface area contributed by atoms with Crippen LogP contribution in [0.25, 0.3) is 16.7 Å². The summed E-state index contributed by atoms with van der Waals surface area (Å²) in [5.41, 5.74) is 4.84. The van der Waals surface area contributed by atoms with Gasteiger partial charge in [-0.3, -0.25) is 9.36 Å². The second-order valence-electron chi connectivity index (χ2n) is 11.8. The molecule has 2 atom stereocenters. The maximum atomic E-state index is 12.9. The molecule has 6 nitrogen and oxygen atoms in total. The van der Waals surface area contributed by atoms with Crippen molar-refractivity contribution in [3.63, 3.8) is 0 Å². The molecule has 1 saturated heterocycles. The standard InChI is InChI=1S/C25H36N4O2/c1-24(2,3)12-16-10-19(26-22-21(16)27-23(31)28(22)7)18-11-17-9-8-15(18)14-29(17)20(30)13-25(4,5)6/h10-11,15,17H,8-9,12-14H2,1-7H3,(H,27,31). The molecule has 4 heterocycles. The fourth-order valence-corrected chi connectivity index (χ4v) is 5.01. The van der Waals surface area contributed by atoms with E-state index >= 15 is 0 Å². The molecule has 2 aromatic rings. The SMILES string of the molecule is Cn1c(=O)[nH]c2c(CC(C)(C)C)cc(C3=CC4CCC3CN4C(=O)CC(C)(C)C)nc21. The maximum Gasteiger partial charge on any atom is 0.327 e. The Morgan fingerprint density at radius 1 is 1.16 bits per heavy atom. The van der Waals surface area contributed by atoms with Crippen LogP contribution in [0, 0.1) is 16.7 Å². The van der Waals surface area contributed by atoms with Crippen LogP contribution in [0.1, 0.15) is 72.1 Å². The lowest BCUT2D eigenvalue weighted by atomic mass is 9.77. The largest absolute Gasteiger partial charge is 0.336 e. The van der Waals surface area contributed by atoms with Gasteiger partial charge in [-0.1, -0.05) is 47.6 Å². The number of amides is 1. The maximum absolute atomic E-state index is 12.9. The number of hydrogen-bond acceptors (Lipinski definition) is 3. The van der Waals surface area contributed by atoms with E-state index in [9.17, 15) is 9.59 Å². The van der Waals surface area contributed by atoms with Gasteiger partial charge in [0.15, 0.2) is 5.65 Å². The molecule has 5 rings (SSSR count). The minimum atomic E-state index is -0.132. The molecule has 0 spiro atoms. The van der Waals surface area contributed by atoms with Gasteiger partial charge in [0.2, 0.25) is 5.91 Å². The van der Waals surface area contributed by atoms with E-state index in [1.54, 1.807) is 11.6 Å². The number of hydrogen-bond donors (Lipinski definition) is 1. The Bertz CT molecular complexity index is 1110. The monoisotopic (exact) mass is 424 g/mol. The van der Waals surface area contributed by atoms with E-state index in [1.807, 2.05) is 0 Å². The molecule has 2 unspecified atom stereocenters. The zero-order chi connectivity index (χ0) is 22.7. The van der Waals surface area contributed by atoms with Gasteiger partial charge in [0, 0.05) is 25.9 Å². The summed E-state index contributed by atoms with van der Waals surface area (Å²) in [6, 6.07) is 2.31. The van der Waals surface area contributed by atoms with Gasteiger partial charge in [-0.15, -0.1) is 0 Å². The van der Waals surface area contributed by atoms with Crippen LogP contribution in [0.2, 0.25) is 0 Å². The highest BCUT2D eigenvalue weighted by Gasteiger charge is 2.39. The van der Waals surface area contributed by atoms with E-state index in [0.717, 1.165) is 42.6 Å². The predicted octanol–water partition coefficient (Wildman–Crippen LogP) is 4.29. The first-order valence-corrected chi connectivity index (χ1v) is 11.4. The third-order valence-corrected chi connectivity index (χ3v) is 6.39. The van der Waals surface area contributed by atoms with Crippen LogP contribution in [-0.4, -0.2) is 37.9 Å². The summed E-state index contributed by atoms with van der Waals surface area (Å²) in [5, 5.41) is 0. The molecule has 1 aliphatic carbocycles. The molecule has 1 fully saturated rings. The van der Waals surface area contributed by atoms with Crippen LogP contribution in [0.4, 0.5) is 0 Å². The Morgan fingerprint density at radius 2 is 1.87 bits per heavy atom. The fourth-order valence-electron chi connectivity index (χ4n) is 5.01. The zero-order valence-corrected chi connectivity index (χ0v) is 20.0. The highest BCUT2D eigenvalue weighted by atomic mass is 16.2. The fraction of sp³-hybridized carbons (Fsp3) is 0.640. The van der Waals surface area contributed by atoms with Gasteiger partial charge in [0.25, 0.3) is 0 Å². The number of imidazole rings is 1. The van der Waals surface area contributed by atoms with Gasteiger partial charge in [-0.05, 0) is 47.3 Å². The number of nitrogens with zero attached hydrogens (tertiary/aromatic N) is 3. The quantitative estimate of drug-likeness (QED) is 0.799. The third-order valence-electron chi connectivity index (χ3n) is 6.39. The minimum absolute atomic E-state index is 0.00611. The summed E-state index contributed by atoms with van der Waals surface area (Å²) in [5.74, 6) is 0.555. The van der Waals surface area contributed by atoms with Gasteiger partial charge < -0.3 is 9.88 Å². The Balaban J connectivity index is 1.74. The normalized spacial score (nSPS) is 21.6. The molecular weight excluding hydrogens is 388 g/mol. The first kappa shape index (κ1) is 21.8. The molecule has 0 saturated carbocycles. The summed E-state index contributed by atoms with van der Waals surface area (Å²) < 4.78 is 1.60. The Morgan fingerprint density at radius 3 is 2.45 bits per heavy atom. The molecule has 6 heteroatoms. The Kier molecular flexibility index (Phi) is 5.18. The summed E-state index contributed by atoms with van der Waals surface area (Å²) in [6.45, 7) is 13.7. The lowest BCUT2D eigenvalue weighted by Gasteiger charge is -2.45. The third kappa shape index (κ3) is 4.35. The summed E-state index contributed by atoms with van der Waals surface area (Å²) >= 11 is 0. The number of carbonyl (C=O) groups is 1. The van der Waals surface area contributed by atoms with E-state index < -0.39 is 0 Å². The number of piperidine rings is 1. The number of aryl methyl sites for hydroxylation is 1. The molecule has 168 valence electrons. The molecule has 3 aliphatic rings. The molecule has 2 aliphatic heterocycles. The molecule has 2 bridgehead atoms. The number of fused-ring (bicyclic) bond motifs is 3. The average Bonchev–Trinajstić information content (AvgIpc) is 2.94. The van der Waals surface area contributed by atoms with Gasteiger partial charge in [-0.25, -0.2) is 9.78 Å².